The first-order valence-corrected chi connectivity index (χ1v) is 3.62. The first kappa shape index (κ1) is 9.50. The summed E-state index contributed by atoms with van der Waals surface area (Å²) in [6.07, 6.45) is 7.02. The summed E-state index contributed by atoms with van der Waals surface area (Å²) in [7, 11) is 2.15. The smallest absolute Gasteiger partial charge is 0.115 e. The topological polar surface area (TPSA) is 26.0 Å². The molecule has 55 valence electrons. The molecule has 0 aromatic rings. The van der Waals surface area contributed by atoms with Crippen molar-refractivity contribution in [3.63, 3.8) is 0 Å². The van der Waals surface area contributed by atoms with Gasteiger partial charge in [-0.05, 0) is 12.2 Å². The van der Waals surface area contributed by atoms with Crippen LogP contribution in [0.15, 0.2) is 24.8 Å². The van der Waals surface area contributed by atoms with Gasteiger partial charge >= 0.3 is 0 Å². The largest absolute Gasteiger partial charge is 0.327 e. The molecule has 1 atom stereocenters. The zero-order valence-corrected chi connectivity index (χ0v) is 6.59. The van der Waals surface area contributed by atoms with Gasteiger partial charge < -0.3 is 5.73 Å². The van der Waals surface area contributed by atoms with E-state index in [1.807, 2.05) is 12.2 Å². The highest BCUT2D eigenvalue weighted by Gasteiger charge is 1.97. The normalized spacial score (nSPS) is 13.4. The summed E-state index contributed by atoms with van der Waals surface area (Å²) in [5.41, 5.74) is 5.30. The molecule has 0 aliphatic carbocycles. The Morgan fingerprint density at radius 2 is 2.40 bits per heavy atom. The Bertz CT molecular complexity index is 110. The summed E-state index contributed by atoms with van der Waals surface area (Å²) in [5, 5.41) is 0. The van der Waals surface area contributed by atoms with Gasteiger partial charge in [0.1, 0.15) is 7.28 Å². The van der Waals surface area contributed by atoms with Crippen molar-refractivity contribution < 1.29 is 0 Å². The quantitative estimate of drug-likeness (QED) is 0.451. The van der Waals surface area contributed by atoms with Gasteiger partial charge in [0.25, 0.3) is 0 Å². The molecule has 1 unspecified atom stereocenters. The monoisotopic (exact) mass is 136 g/mol. The van der Waals surface area contributed by atoms with Gasteiger partial charge in [-0.25, -0.2) is 0 Å². The lowest BCUT2D eigenvalue weighted by atomic mass is 9.65. The Balaban J connectivity index is 3.58. The minimum absolute atomic E-state index is 0.515. The van der Waals surface area contributed by atoms with Gasteiger partial charge in [0.15, 0.2) is 0 Å². The van der Waals surface area contributed by atoms with Crippen LogP contribution in [0.4, 0.5) is 0 Å². The van der Waals surface area contributed by atoms with Gasteiger partial charge in [0.05, 0.1) is 0 Å². The maximum absolute atomic E-state index is 5.30. The Kier molecular flexibility index (Phi) is 6.29. The summed E-state index contributed by atoms with van der Waals surface area (Å²) < 4.78 is 0. The summed E-state index contributed by atoms with van der Waals surface area (Å²) >= 11 is 0. The van der Waals surface area contributed by atoms with E-state index in [9.17, 15) is 0 Å². The number of hydrogen-bond donors (Lipinski definition) is 1. The predicted molar refractivity (Wildman–Crippen MR) is 48.4 cm³/mol. The van der Waals surface area contributed by atoms with Crippen molar-refractivity contribution in [2.24, 2.45) is 5.73 Å². The van der Waals surface area contributed by atoms with E-state index in [0.717, 1.165) is 6.42 Å². The van der Waals surface area contributed by atoms with E-state index in [1.54, 1.807) is 0 Å². The first-order chi connectivity index (χ1) is 4.85. The third-order valence-electron chi connectivity index (χ3n) is 1.39. The van der Waals surface area contributed by atoms with Gasteiger partial charge in [0, 0.05) is 6.54 Å². The van der Waals surface area contributed by atoms with Crippen LogP contribution in [0.5, 0.6) is 0 Å². The average molecular weight is 136 g/mol. The van der Waals surface area contributed by atoms with Crippen LogP contribution < -0.4 is 5.73 Å². The van der Waals surface area contributed by atoms with E-state index in [-0.39, 0.29) is 0 Å². The molecule has 2 N–H and O–H groups in total. The van der Waals surface area contributed by atoms with Gasteiger partial charge in [-0.1, -0.05) is 25.1 Å². The number of allylic oxidation sites excluding steroid dienone is 2. The molecule has 10 heavy (non-hydrogen) atoms. The van der Waals surface area contributed by atoms with Crippen molar-refractivity contribution in [1.82, 2.24) is 0 Å². The molecule has 0 saturated carbocycles. The molecule has 0 aliphatic rings. The van der Waals surface area contributed by atoms with Crippen LogP contribution in [-0.2, 0) is 0 Å². The van der Waals surface area contributed by atoms with Crippen molar-refractivity contribution in [3.05, 3.63) is 24.8 Å². The van der Waals surface area contributed by atoms with Crippen LogP contribution >= 0.6 is 0 Å². The van der Waals surface area contributed by atoms with Crippen molar-refractivity contribution in [2.75, 3.05) is 6.54 Å². The molecule has 0 amide bonds. The summed E-state index contributed by atoms with van der Waals surface area (Å²) in [6.45, 7) is 6.35. The molecule has 2 heteroatoms. The molecule has 0 fully saturated rings. The van der Waals surface area contributed by atoms with E-state index in [0.29, 0.717) is 12.4 Å². The fraction of sp³-hybridized carbons (Fsp3) is 0.500. The fourth-order valence-corrected chi connectivity index (χ4v) is 0.772. The van der Waals surface area contributed by atoms with Crippen LogP contribution in [-0.4, -0.2) is 13.8 Å². The Morgan fingerprint density at radius 1 is 1.70 bits per heavy atom. The molecule has 0 aromatic heterocycles. The molecular weight excluding hydrogens is 121 g/mol. The third-order valence-corrected chi connectivity index (χ3v) is 1.39. The minimum atomic E-state index is 0.515. The van der Waals surface area contributed by atoms with Crippen molar-refractivity contribution in [3.8, 4) is 0 Å². The van der Waals surface area contributed by atoms with Gasteiger partial charge in [0.2, 0.25) is 0 Å². The zero-order chi connectivity index (χ0) is 7.82. The lowest BCUT2D eigenvalue weighted by Crippen LogP contribution is -1.97. The lowest BCUT2D eigenvalue weighted by Gasteiger charge is -2.03. The van der Waals surface area contributed by atoms with Crippen LogP contribution in [0.3, 0.4) is 0 Å². The first-order valence-electron chi connectivity index (χ1n) is 3.62. The van der Waals surface area contributed by atoms with Crippen LogP contribution in [0.25, 0.3) is 0 Å². The number of nitrogens with two attached hydrogens (primary N) is 1. The van der Waals surface area contributed by atoms with E-state index in [2.05, 4.69) is 26.8 Å². The maximum atomic E-state index is 5.30. The molecule has 0 spiro atoms. The predicted octanol–water partition coefficient (Wildman–Crippen LogP) is 1.62. The molecule has 0 bridgehead atoms. The summed E-state index contributed by atoms with van der Waals surface area (Å²) in [5.74, 6) is 0.515. The highest BCUT2D eigenvalue weighted by molar-refractivity contribution is 6.36. The van der Waals surface area contributed by atoms with E-state index >= 15 is 0 Å². The second kappa shape index (κ2) is 6.62. The second-order valence-electron chi connectivity index (χ2n) is 2.19. The summed E-state index contributed by atoms with van der Waals surface area (Å²) in [6, 6.07) is 0. The Labute approximate surface area is 64.2 Å². The van der Waals surface area contributed by atoms with E-state index in [4.69, 9.17) is 5.73 Å². The second-order valence-corrected chi connectivity index (χ2v) is 2.19. The molecule has 0 aliphatic heterocycles. The standard InChI is InChI=1S/C8H15BN/c1-3-5-8(9-2)6-4-7-10/h3-4,6,8H,1,5,7,10H2,2H3/b6-4-. The fourth-order valence-electron chi connectivity index (χ4n) is 0.772. The van der Waals surface area contributed by atoms with Crippen molar-refractivity contribution in [1.29, 1.82) is 0 Å². The van der Waals surface area contributed by atoms with Gasteiger partial charge in [-0.2, -0.15) is 0 Å². The number of hydrogen-bond acceptors (Lipinski definition) is 1. The highest BCUT2D eigenvalue weighted by atomic mass is 14.5. The maximum Gasteiger partial charge on any atom is 0.115 e. The Morgan fingerprint density at radius 3 is 2.80 bits per heavy atom. The molecule has 0 saturated heterocycles. The van der Waals surface area contributed by atoms with Gasteiger partial charge in [-0.3, -0.25) is 0 Å². The minimum Gasteiger partial charge on any atom is -0.327 e. The van der Waals surface area contributed by atoms with E-state index < -0.39 is 0 Å². The van der Waals surface area contributed by atoms with E-state index in [1.165, 1.54) is 0 Å². The molecule has 1 radical (unpaired) electrons. The van der Waals surface area contributed by atoms with Crippen LogP contribution in [0, 0.1) is 0 Å². The molecular formula is C8H15BN. The zero-order valence-electron chi connectivity index (χ0n) is 6.59. The third kappa shape index (κ3) is 4.39. The lowest BCUT2D eigenvalue weighted by molar-refractivity contribution is 1.02. The molecule has 0 aromatic carbocycles. The molecule has 0 heterocycles. The van der Waals surface area contributed by atoms with Crippen LogP contribution in [0.2, 0.25) is 12.6 Å². The highest BCUT2D eigenvalue weighted by Crippen LogP contribution is 2.10. The summed E-state index contributed by atoms with van der Waals surface area (Å²) in [4.78, 5) is 0. The van der Waals surface area contributed by atoms with Crippen molar-refractivity contribution >= 4 is 7.28 Å². The Hall–Kier alpha value is -0.495. The van der Waals surface area contributed by atoms with Crippen molar-refractivity contribution in [2.45, 2.75) is 19.1 Å². The van der Waals surface area contributed by atoms with Gasteiger partial charge in [-0.15, -0.1) is 6.58 Å². The molecule has 1 nitrogen and oxygen atoms in total. The SMILES string of the molecule is C=CCC([B]C)/C=C\CN. The van der Waals surface area contributed by atoms with Crippen LogP contribution in [0.1, 0.15) is 6.42 Å². The molecule has 0 rings (SSSR count). The number of rotatable bonds is 5. The average Bonchev–Trinajstić information content (AvgIpc) is 1.98.